The molecule has 0 saturated heterocycles. The molecule has 0 fully saturated rings. The molecule has 1 aromatic rings. The van der Waals surface area contributed by atoms with Crippen LogP contribution in [-0.4, -0.2) is 16.4 Å². The van der Waals surface area contributed by atoms with E-state index in [-0.39, 0.29) is 11.9 Å². The van der Waals surface area contributed by atoms with Crippen molar-refractivity contribution in [2.75, 3.05) is 5.32 Å². The summed E-state index contributed by atoms with van der Waals surface area (Å²) in [5.41, 5.74) is 5.79. The second kappa shape index (κ2) is 4.44. The summed E-state index contributed by atoms with van der Waals surface area (Å²) in [6.07, 6.45) is 2.63. The minimum Gasteiger partial charge on any atom is -0.432 e. The highest BCUT2D eigenvalue weighted by Crippen LogP contribution is 2.15. The molecule has 0 bridgehead atoms. The van der Waals surface area contributed by atoms with Crippen LogP contribution in [0, 0.1) is 6.92 Å². The topological polar surface area (TPSA) is 81.2 Å². The number of nitrogens with two attached hydrogens (primary N) is 1. The SMILES string of the molecule is CCC(N)(CC)C(=O)Nc1nc(C)co1. The molecule has 5 nitrogen and oxygen atoms in total. The quantitative estimate of drug-likeness (QED) is 0.789. The van der Waals surface area contributed by atoms with Gasteiger partial charge in [-0.2, -0.15) is 4.98 Å². The second-order valence-electron chi connectivity index (χ2n) is 3.61. The third-order valence-electron chi connectivity index (χ3n) is 2.55. The highest BCUT2D eigenvalue weighted by molar-refractivity contribution is 5.96. The van der Waals surface area contributed by atoms with Gasteiger partial charge in [0.2, 0.25) is 5.91 Å². The Hall–Kier alpha value is -1.36. The zero-order chi connectivity index (χ0) is 11.5. The first-order valence-corrected chi connectivity index (χ1v) is 5.04. The molecular weight excluding hydrogens is 194 g/mol. The fourth-order valence-electron chi connectivity index (χ4n) is 1.20. The van der Waals surface area contributed by atoms with Gasteiger partial charge in [-0.15, -0.1) is 0 Å². The van der Waals surface area contributed by atoms with Crippen LogP contribution in [0.1, 0.15) is 32.4 Å². The number of nitrogens with one attached hydrogen (secondary N) is 1. The minimum absolute atomic E-state index is 0.203. The van der Waals surface area contributed by atoms with Gasteiger partial charge in [-0.1, -0.05) is 13.8 Å². The summed E-state index contributed by atoms with van der Waals surface area (Å²) in [6, 6.07) is 0.203. The van der Waals surface area contributed by atoms with Crippen LogP contribution in [0.15, 0.2) is 10.7 Å². The molecule has 1 rings (SSSR count). The van der Waals surface area contributed by atoms with E-state index in [1.807, 2.05) is 13.8 Å². The number of carbonyl (C=O) groups excluding carboxylic acids is 1. The summed E-state index contributed by atoms with van der Waals surface area (Å²) < 4.78 is 5.02. The summed E-state index contributed by atoms with van der Waals surface area (Å²) in [5.74, 6) is -0.255. The van der Waals surface area contributed by atoms with Crippen LogP contribution < -0.4 is 11.1 Å². The van der Waals surface area contributed by atoms with Gasteiger partial charge >= 0.3 is 6.01 Å². The summed E-state index contributed by atoms with van der Waals surface area (Å²) in [7, 11) is 0. The Morgan fingerprint density at radius 2 is 2.20 bits per heavy atom. The lowest BCUT2D eigenvalue weighted by atomic mass is 9.93. The highest BCUT2D eigenvalue weighted by Gasteiger charge is 2.30. The number of hydrogen-bond donors (Lipinski definition) is 2. The fourth-order valence-corrected chi connectivity index (χ4v) is 1.20. The van der Waals surface area contributed by atoms with Crippen molar-refractivity contribution in [3.8, 4) is 0 Å². The van der Waals surface area contributed by atoms with Crippen molar-refractivity contribution in [1.29, 1.82) is 0 Å². The molecule has 0 unspecified atom stereocenters. The molecule has 0 aliphatic rings. The van der Waals surface area contributed by atoms with Crippen molar-refractivity contribution < 1.29 is 9.21 Å². The minimum atomic E-state index is -0.845. The number of oxazole rings is 1. The monoisotopic (exact) mass is 211 g/mol. The lowest BCUT2D eigenvalue weighted by Crippen LogP contribution is -2.50. The number of carbonyl (C=O) groups is 1. The van der Waals surface area contributed by atoms with Crippen molar-refractivity contribution in [2.24, 2.45) is 5.73 Å². The third-order valence-corrected chi connectivity index (χ3v) is 2.55. The number of hydrogen-bond acceptors (Lipinski definition) is 4. The molecule has 1 amide bonds. The van der Waals surface area contributed by atoms with E-state index in [0.717, 1.165) is 5.69 Å². The first kappa shape index (κ1) is 11.7. The number of aromatic nitrogens is 1. The predicted octanol–water partition coefficient (Wildman–Crippen LogP) is 1.44. The predicted molar refractivity (Wildman–Crippen MR) is 57.4 cm³/mol. The van der Waals surface area contributed by atoms with E-state index >= 15 is 0 Å². The van der Waals surface area contributed by atoms with Gasteiger partial charge in [-0.05, 0) is 19.8 Å². The van der Waals surface area contributed by atoms with Crippen LogP contribution in [0.25, 0.3) is 0 Å². The summed E-state index contributed by atoms with van der Waals surface area (Å²) >= 11 is 0. The van der Waals surface area contributed by atoms with E-state index in [1.54, 1.807) is 6.92 Å². The van der Waals surface area contributed by atoms with Crippen LogP contribution in [0.3, 0.4) is 0 Å². The van der Waals surface area contributed by atoms with E-state index in [2.05, 4.69) is 10.3 Å². The molecule has 15 heavy (non-hydrogen) atoms. The normalized spacial score (nSPS) is 11.5. The number of aryl methyl sites for hydroxylation is 1. The van der Waals surface area contributed by atoms with Gasteiger partial charge < -0.3 is 10.2 Å². The summed E-state index contributed by atoms with van der Waals surface area (Å²) in [5, 5.41) is 2.56. The zero-order valence-corrected chi connectivity index (χ0v) is 9.33. The Morgan fingerprint density at radius 1 is 1.60 bits per heavy atom. The zero-order valence-electron chi connectivity index (χ0n) is 9.33. The Morgan fingerprint density at radius 3 is 2.60 bits per heavy atom. The van der Waals surface area contributed by atoms with Gasteiger partial charge in [0, 0.05) is 0 Å². The van der Waals surface area contributed by atoms with Crippen LogP contribution in [0.5, 0.6) is 0 Å². The number of amides is 1. The second-order valence-corrected chi connectivity index (χ2v) is 3.61. The highest BCUT2D eigenvalue weighted by atomic mass is 16.4. The lowest BCUT2D eigenvalue weighted by Gasteiger charge is -2.23. The smallest absolute Gasteiger partial charge is 0.301 e. The first-order valence-electron chi connectivity index (χ1n) is 5.04. The molecule has 0 saturated carbocycles. The molecule has 0 aliphatic carbocycles. The molecule has 1 aromatic heterocycles. The van der Waals surface area contributed by atoms with E-state index in [9.17, 15) is 4.79 Å². The Kier molecular flexibility index (Phi) is 3.47. The van der Waals surface area contributed by atoms with Crippen LogP contribution in [-0.2, 0) is 4.79 Å². The molecule has 0 atom stereocenters. The average molecular weight is 211 g/mol. The van der Waals surface area contributed by atoms with Crippen molar-refractivity contribution in [3.05, 3.63) is 12.0 Å². The fraction of sp³-hybridized carbons (Fsp3) is 0.600. The molecule has 5 heteroatoms. The van der Waals surface area contributed by atoms with Crippen molar-refractivity contribution in [1.82, 2.24) is 4.98 Å². The average Bonchev–Trinajstić information content (AvgIpc) is 2.62. The van der Waals surface area contributed by atoms with Gasteiger partial charge in [0.15, 0.2) is 0 Å². The van der Waals surface area contributed by atoms with Crippen molar-refractivity contribution >= 4 is 11.9 Å². The molecule has 1 heterocycles. The third kappa shape index (κ3) is 2.56. The lowest BCUT2D eigenvalue weighted by molar-refractivity contribution is -0.121. The maximum Gasteiger partial charge on any atom is 0.301 e. The maximum atomic E-state index is 11.8. The molecule has 3 N–H and O–H groups in total. The molecular formula is C10H17N3O2. The maximum absolute atomic E-state index is 11.8. The van der Waals surface area contributed by atoms with Crippen LogP contribution in [0.4, 0.5) is 6.01 Å². The standard InChI is InChI=1S/C10H17N3O2/c1-4-10(11,5-2)8(14)13-9-12-7(3)6-15-9/h6H,4-5,11H2,1-3H3,(H,12,13,14). The van der Waals surface area contributed by atoms with Gasteiger partial charge in [-0.3, -0.25) is 10.1 Å². The van der Waals surface area contributed by atoms with E-state index < -0.39 is 5.54 Å². The summed E-state index contributed by atoms with van der Waals surface area (Å²) in [4.78, 5) is 15.7. The van der Waals surface area contributed by atoms with Crippen molar-refractivity contribution in [3.63, 3.8) is 0 Å². The van der Waals surface area contributed by atoms with E-state index in [1.165, 1.54) is 6.26 Å². The van der Waals surface area contributed by atoms with E-state index in [4.69, 9.17) is 10.2 Å². The van der Waals surface area contributed by atoms with Gasteiger partial charge in [0.05, 0.1) is 11.2 Å². The van der Waals surface area contributed by atoms with Crippen LogP contribution >= 0.6 is 0 Å². The van der Waals surface area contributed by atoms with Gasteiger partial charge in [0.25, 0.3) is 0 Å². The van der Waals surface area contributed by atoms with E-state index in [0.29, 0.717) is 12.8 Å². The molecule has 0 spiro atoms. The van der Waals surface area contributed by atoms with Gasteiger partial charge in [-0.25, -0.2) is 0 Å². The molecule has 0 radical (unpaired) electrons. The van der Waals surface area contributed by atoms with Gasteiger partial charge in [0.1, 0.15) is 6.26 Å². The number of nitrogens with zero attached hydrogens (tertiary/aromatic N) is 1. The molecule has 0 aromatic carbocycles. The number of rotatable bonds is 4. The van der Waals surface area contributed by atoms with Crippen LogP contribution in [0.2, 0.25) is 0 Å². The first-order chi connectivity index (χ1) is 7.01. The summed E-state index contributed by atoms with van der Waals surface area (Å²) in [6.45, 7) is 5.54. The van der Waals surface area contributed by atoms with Crippen molar-refractivity contribution in [2.45, 2.75) is 39.2 Å². The molecule has 0 aliphatic heterocycles. The Bertz CT molecular complexity index is 342. The largest absolute Gasteiger partial charge is 0.432 e. The Labute approximate surface area is 89.1 Å². The molecule has 84 valence electrons. The Balaban J connectivity index is 2.70. The number of anilines is 1.